The molecule has 0 bridgehead atoms. The average molecular weight is 204 g/mol. The highest BCUT2D eigenvalue weighted by Gasteiger charge is 2.79. The molecule has 6 heteroatoms. The third kappa shape index (κ3) is 1.07. The van der Waals surface area contributed by atoms with E-state index in [1.165, 1.54) is 6.92 Å². The van der Waals surface area contributed by atoms with E-state index in [2.05, 4.69) is 0 Å². The van der Waals surface area contributed by atoms with Crippen molar-refractivity contribution in [2.45, 2.75) is 25.1 Å². The SMILES string of the molecule is CC[N+]1(C)CC(F)C(F)(F)C1(F)F. The number of likely N-dealkylation sites (tertiary alicyclic amines) is 1. The second-order valence-electron chi connectivity index (χ2n) is 3.53. The van der Waals surface area contributed by atoms with Crippen LogP contribution in [0.3, 0.4) is 0 Å². The highest BCUT2D eigenvalue weighted by atomic mass is 19.3. The van der Waals surface area contributed by atoms with Gasteiger partial charge in [-0.2, -0.15) is 8.78 Å². The van der Waals surface area contributed by atoms with Crippen molar-refractivity contribution in [3.63, 3.8) is 0 Å². The Bertz CT molecular complexity index is 217. The maximum absolute atomic E-state index is 13.0. The number of quaternary nitrogens is 1. The van der Waals surface area contributed by atoms with Gasteiger partial charge in [-0.15, -0.1) is 8.78 Å². The van der Waals surface area contributed by atoms with Crippen molar-refractivity contribution < 1.29 is 26.4 Å². The Hall–Kier alpha value is -0.390. The molecule has 0 aromatic rings. The Morgan fingerprint density at radius 1 is 1.31 bits per heavy atom. The third-order valence-corrected chi connectivity index (χ3v) is 2.73. The van der Waals surface area contributed by atoms with Crippen LogP contribution in [0.2, 0.25) is 0 Å². The Balaban J connectivity index is 3.11. The minimum atomic E-state index is -4.54. The molecule has 1 aliphatic heterocycles. The van der Waals surface area contributed by atoms with Gasteiger partial charge in [0.2, 0.25) is 6.17 Å². The molecule has 2 atom stereocenters. The van der Waals surface area contributed by atoms with Crippen LogP contribution >= 0.6 is 0 Å². The molecular weight excluding hydrogens is 193 g/mol. The summed E-state index contributed by atoms with van der Waals surface area (Å²) in [5.41, 5.74) is 0. The van der Waals surface area contributed by atoms with E-state index in [0.717, 1.165) is 7.05 Å². The molecule has 0 radical (unpaired) electrons. The lowest BCUT2D eigenvalue weighted by Gasteiger charge is -2.33. The molecule has 1 nitrogen and oxygen atoms in total. The normalized spacial score (nSPS) is 42.2. The fraction of sp³-hybridized carbons (Fsp3) is 1.00. The minimum Gasteiger partial charge on any atom is -0.257 e. The average Bonchev–Trinajstić information content (AvgIpc) is 2.12. The van der Waals surface area contributed by atoms with Gasteiger partial charge in [0.25, 0.3) is 0 Å². The van der Waals surface area contributed by atoms with E-state index in [0.29, 0.717) is 0 Å². The maximum atomic E-state index is 13.0. The van der Waals surface area contributed by atoms with Crippen LogP contribution in [0.1, 0.15) is 6.92 Å². The monoisotopic (exact) mass is 204 g/mol. The first-order valence-electron chi connectivity index (χ1n) is 3.93. The van der Waals surface area contributed by atoms with E-state index >= 15 is 0 Å². The van der Waals surface area contributed by atoms with Gasteiger partial charge in [0.05, 0.1) is 13.6 Å². The van der Waals surface area contributed by atoms with Gasteiger partial charge in [-0.25, -0.2) is 4.39 Å². The Labute approximate surface area is 72.7 Å². The van der Waals surface area contributed by atoms with Crippen molar-refractivity contribution in [1.82, 2.24) is 0 Å². The first-order valence-corrected chi connectivity index (χ1v) is 3.93. The van der Waals surface area contributed by atoms with Crippen molar-refractivity contribution in [3.05, 3.63) is 0 Å². The number of alkyl halides is 5. The van der Waals surface area contributed by atoms with E-state index in [-0.39, 0.29) is 6.54 Å². The van der Waals surface area contributed by atoms with E-state index in [4.69, 9.17) is 0 Å². The topological polar surface area (TPSA) is 0 Å². The highest BCUT2D eigenvalue weighted by molar-refractivity contribution is 4.91. The summed E-state index contributed by atoms with van der Waals surface area (Å²) in [7, 11) is 0.938. The third-order valence-electron chi connectivity index (χ3n) is 2.73. The van der Waals surface area contributed by atoms with E-state index in [1.807, 2.05) is 0 Å². The van der Waals surface area contributed by atoms with Crippen LogP contribution in [-0.4, -0.2) is 42.8 Å². The molecule has 0 aromatic heterocycles. The number of hydrogen-bond donors (Lipinski definition) is 0. The fourth-order valence-electron chi connectivity index (χ4n) is 1.46. The summed E-state index contributed by atoms with van der Waals surface area (Å²) in [6.45, 7) is 0.279. The van der Waals surface area contributed by atoms with Crippen LogP contribution in [0.4, 0.5) is 22.0 Å². The van der Waals surface area contributed by atoms with Gasteiger partial charge in [-0.3, -0.25) is 4.48 Å². The largest absolute Gasteiger partial charge is 0.458 e. The predicted octanol–water partition coefficient (Wildman–Crippen LogP) is 2.03. The van der Waals surface area contributed by atoms with Crippen LogP contribution in [0.25, 0.3) is 0 Å². The van der Waals surface area contributed by atoms with Gasteiger partial charge in [-0.1, -0.05) is 0 Å². The molecule has 0 amide bonds. The van der Waals surface area contributed by atoms with Crippen molar-refractivity contribution in [1.29, 1.82) is 0 Å². The zero-order chi connectivity index (χ0) is 10.5. The number of rotatable bonds is 1. The first kappa shape index (κ1) is 10.7. The lowest BCUT2D eigenvalue weighted by Crippen LogP contribution is -2.58. The molecule has 13 heavy (non-hydrogen) atoms. The van der Waals surface area contributed by atoms with Crippen molar-refractivity contribution >= 4 is 0 Å². The summed E-state index contributed by atoms with van der Waals surface area (Å²) in [6, 6.07) is -4.30. The number of halogens is 5. The van der Waals surface area contributed by atoms with Gasteiger partial charge in [0.15, 0.2) is 0 Å². The maximum Gasteiger partial charge on any atom is 0.458 e. The number of nitrogens with zero attached hydrogens (tertiary/aromatic N) is 1. The summed E-state index contributed by atoms with van der Waals surface area (Å²) in [6.07, 6.45) is -2.76. The van der Waals surface area contributed by atoms with Crippen LogP contribution in [0, 0.1) is 0 Å². The van der Waals surface area contributed by atoms with Crippen molar-refractivity contribution in [2.24, 2.45) is 0 Å². The fourth-order valence-corrected chi connectivity index (χ4v) is 1.46. The zero-order valence-corrected chi connectivity index (χ0v) is 7.33. The van der Waals surface area contributed by atoms with Gasteiger partial charge in [0, 0.05) is 0 Å². The smallest absolute Gasteiger partial charge is 0.257 e. The predicted molar refractivity (Wildman–Crippen MR) is 36.4 cm³/mol. The van der Waals surface area contributed by atoms with Gasteiger partial charge in [-0.05, 0) is 6.92 Å². The van der Waals surface area contributed by atoms with Crippen LogP contribution in [-0.2, 0) is 0 Å². The highest BCUT2D eigenvalue weighted by Crippen LogP contribution is 2.50. The standard InChI is InChI=1S/C7H11F5N/c1-3-13(2)4-5(8)6(9,10)7(13,11)12/h5H,3-4H2,1-2H3/q+1. The Morgan fingerprint density at radius 3 is 1.92 bits per heavy atom. The Kier molecular flexibility index (Phi) is 2.10. The molecule has 0 spiro atoms. The molecule has 0 saturated carbocycles. The summed E-state index contributed by atoms with van der Waals surface area (Å²) in [5.74, 6) is -4.54. The molecule has 1 fully saturated rings. The molecule has 78 valence electrons. The van der Waals surface area contributed by atoms with Crippen LogP contribution in [0.15, 0.2) is 0 Å². The molecule has 0 aromatic carbocycles. The van der Waals surface area contributed by atoms with Gasteiger partial charge >= 0.3 is 12.0 Å². The second-order valence-corrected chi connectivity index (χ2v) is 3.53. The van der Waals surface area contributed by atoms with E-state index in [9.17, 15) is 22.0 Å². The van der Waals surface area contributed by atoms with E-state index in [1.54, 1.807) is 0 Å². The Morgan fingerprint density at radius 2 is 1.77 bits per heavy atom. The summed E-state index contributed by atoms with van der Waals surface area (Å²) in [5, 5.41) is 0. The first-order chi connectivity index (χ1) is 5.69. The van der Waals surface area contributed by atoms with Crippen LogP contribution < -0.4 is 0 Å². The molecule has 1 saturated heterocycles. The lowest BCUT2D eigenvalue weighted by molar-refractivity contribution is -0.985. The minimum absolute atomic E-state index is 0.219. The van der Waals surface area contributed by atoms with Crippen molar-refractivity contribution in [3.8, 4) is 0 Å². The summed E-state index contributed by atoms with van der Waals surface area (Å²) >= 11 is 0. The molecule has 1 rings (SSSR count). The quantitative estimate of drug-likeness (QED) is 0.348. The molecule has 1 heterocycles. The zero-order valence-electron chi connectivity index (χ0n) is 7.33. The summed E-state index contributed by atoms with van der Waals surface area (Å²) in [4.78, 5) is 0. The van der Waals surface area contributed by atoms with Crippen molar-refractivity contribution in [2.75, 3.05) is 20.1 Å². The number of hydrogen-bond acceptors (Lipinski definition) is 0. The molecule has 2 unspecified atom stereocenters. The van der Waals surface area contributed by atoms with Gasteiger partial charge in [0.1, 0.15) is 6.54 Å². The van der Waals surface area contributed by atoms with Gasteiger partial charge < -0.3 is 0 Å². The molecule has 0 N–H and O–H groups in total. The second kappa shape index (κ2) is 2.56. The molecule has 0 aliphatic carbocycles. The molecule has 1 aliphatic rings. The summed E-state index contributed by atoms with van der Waals surface area (Å²) < 4.78 is 62.7. The van der Waals surface area contributed by atoms with Crippen LogP contribution in [0.5, 0.6) is 0 Å². The lowest BCUT2D eigenvalue weighted by atomic mass is 10.2. The van der Waals surface area contributed by atoms with E-state index < -0.39 is 29.2 Å². The molecular formula is C7H11F5N+.